The van der Waals surface area contributed by atoms with Crippen LogP contribution in [0.5, 0.6) is 11.5 Å². The molecule has 0 fully saturated rings. The molecule has 96 valence electrons. The number of phenols is 1. The minimum Gasteiger partial charge on any atom is -0.506 e. The largest absolute Gasteiger partial charge is 0.506 e. The van der Waals surface area contributed by atoms with E-state index in [1.54, 1.807) is 13.2 Å². The highest BCUT2D eigenvalue weighted by molar-refractivity contribution is 5.85. The van der Waals surface area contributed by atoms with Crippen molar-refractivity contribution in [2.24, 2.45) is 0 Å². The first-order chi connectivity index (χ1) is 9.28. The van der Waals surface area contributed by atoms with Gasteiger partial charge in [0.05, 0.1) is 12.6 Å². The topological polar surface area (TPSA) is 34.4 Å². The minimum absolute atomic E-state index is 0.316. The molecule has 0 bridgehead atoms. The summed E-state index contributed by atoms with van der Waals surface area (Å²) < 4.78 is 7.20. The highest BCUT2D eigenvalue weighted by Gasteiger charge is 2.06. The molecule has 1 heterocycles. The van der Waals surface area contributed by atoms with Gasteiger partial charge in [-0.25, -0.2) is 0 Å². The van der Waals surface area contributed by atoms with E-state index in [4.69, 9.17) is 4.74 Å². The van der Waals surface area contributed by atoms with Crippen molar-refractivity contribution >= 4 is 10.9 Å². The Kier molecular flexibility index (Phi) is 2.88. The molecule has 0 radical (unpaired) electrons. The van der Waals surface area contributed by atoms with Crippen LogP contribution < -0.4 is 4.74 Å². The molecule has 0 unspecified atom stereocenters. The summed E-state index contributed by atoms with van der Waals surface area (Å²) in [6, 6.07) is 15.5. The lowest BCUT2D eigenvalue weighted by atomic mass is 10.2. The lowest BCUT2D eigenvalue weighted by Gasteiger charge is -2.08. The number of benzene rings is 2. The summed E-state index contributed by atoms with van der Waals surface area (Å²) in [5.41, 5.74) is 2.04. The van der Waals surface area contributed by atoms with Gasteiger partial charge < -0.3 is 14.4 Å². The van der Waals surface area contributed by atoms with E-state index >= 15 is 0 Å². The second-order valence-electron chi connectivity index (χ2n) is 4.51. The molecule has 0 aliphatic rings. The van der Waals surface area contributed by atoms with Crippen LogP contribution in [0.3, 0.4) is 0 Å². The summed E-state index contributed by atoms with van der Waals surface area (Å²) in [5.74, 6) is 1.17. The molecular formula is C16H15NO2. The van der Waals surface area contributed by atoms with E-state index in [-0.39, 0.29) is 0 Å². The Morgan fingerprint density at radius 3 is 2.58 bits per heavy atom. The van der Waals surface area contributed by atoms with E-state index in [9.17, 15) is 5.11 Å². The lowest BCUT2D eigenvalue weighted by Crippen LogP contribution is -1.97. The Bertz CT molecular complexity index is 698. The summed E-state index contributed by atoms with van der Waals surface area (Å²) in [4.78, 5) is 0. The zero-order valence-electron chi connectivity index (χ0n) is 10.7. The SMILES string of the molecule is COc1ccc(Cn2ccc3cccc(O)c32)cc1. The van der Waals surface area contributed by atoms with E-state index in [0.29, 0.717) is 5.75 Å². The Morgan fingerprint density at radius 1 is 1.05 bits per heavy atom. The van der Waals surface area contributed by atoms with Crippen LogP contribution in [0.25, 0.3) is 10.9 Å². The van der Waals surface area contributed by atoms with Gasteiger partial charge in [-0.3, -0.25) is 0 Å². The van der Waals surface area contributed by atoms with Crippen molar-refractivity contribution in [3.8, 4) is 11.5 Å². The Balaban J connectivity index is 1.96. The number of ether oxygens (including phenoxy) is 1. The molecular weight excluding hydrogens is 238 g/mol. The summed E-state index contributed by atoms with van der Waals surface area (Å²) in [6.45, 7) is 0.727. The van der Waals surface area contributed by atoms with Gasteiger partial charge in [0, 0.05) is 18.1 Å². The summed E-state index contributed by atoms with van der Waals surface area (Å²) >= 11 is 0. The molecule has 0 saturated carbocycles. The monoisotopic (exact) mass is 253 g/mol. The predicted molar refractivity (Wildman–Crippen MR) is 75.7 cm³/mol. The molecule has 1 aromatic heterocycles. The van der Waals surface area contributed by atoms with Crippen molar-refractivity contribution in [3.05, 3.63) is 60.3 Å². The predicted octanol–water partition coefficient (Wildman–Crippen LogP) is 3.40. The molecule has 3 aromatic rings. The second-order valence-corrected chi connectivity index (χ2v) is 4.51. The van der Waals surface area contributed by atoms with Gasteiger partial charge in [-0.15, -0.1) is 0 Å². The number of nitrogens with zero attached hydrogens (tertiary/aromatic N) is 1. The second kappa shape index (κ2) is 4.69. The standard InChI is InChI=1S/C16H15NO2/c1-19-14-7-5-12(6-8-14)11-17-10-9-13-3-2-4-15(18)16(13)17/h2-10,18H,11H2,1H3. The van der Waals surface area contributed by atoms with Crippen molar-refractivity contribution in [1.82, 2.24) is 4.57 Å². The third kappa shape index (κ3) is 2.15. The fourth-order valence-electron chi connectivity index (χ4n) is 2.30. The maximum absolute atomic E-state index is 9.96. The van der Waals surface area contributed by atoms with Gasteiger partial charge in [-0.2, -0.15) is 0 Å². The zero-order chi connectivity index (χ0) is 13.2. The number of aromatic nitrogens is 1. The van der Waals surface area contributed by atoms with Crippen molar-refractivity contribution in [2.45, 2.75) is 6.54 Å². The molecule has 2 aromatic carbocycles. The normalized spacial score (nSPS) is 10.8. The molecule has 0 aliphatic heterocycles. The van der Waals surface area contributed by atoms with Crippen LogP contribution in [-0.2, 0) is 6.54 Å². The quantitative estimate of drug-likeness (QED) is 0.776. The maximum atomic E-state index is 9.96. The van der Waals surface area contributed by atoms with Gasteiger partial charge in [-0.1, -0.05) is 24.3 Å². The van der Waals surface area contributed by atoms with Crippen LogP contribution in [0.1, 0.15) is 5.56 Å². The van der Waals surface area contributed by atoms with Crippen molar-refractivity contribution in [3.63, 3.8) is 0 Å². The van der Waals surface area contributed by atoms with Crippen LogP contribution in [0.4, 0.5) is 0 Å². The van der Waals surface area contributed by atoms with E-state index in [1.165, 1.54) is 5.56 Å². The number of aromatic hydroxyl groups is 1. The highest BCUT2D eigenvalue weighted by Crippen LogP contribution is 2.26. The number of fused-ring (bicyclic) bond motifs is 1. The Labute approximate surface area is 111 Å². The molecule has 3 rings (SSSR count). The molecule has 3 nitrogen and oxygen atoms in total. The first-order valence-electron chi connectivity index (χ1n) is 6.17. The van der Waals surface area contributed by atoms with Gasteiger partial charge in [-0.05, 0) is 29.8 Å². The minimum atomic E-state index is 0.316. The summed E-state index contributed by atoms with van der Waals surface area (Å²) in [6.07, 6.45) is 1.99. The zero-order valence-corrected chi connectivity index (χ0v) is 10.7. The molecule has 0 spiro atoms. The van der Waals surface area contributed by atoms with E-state index in [1.807, 2.05) is 53.2 Å². The molecule has 0 atom stereocenters. The number of hydrogen-bond donors (Lipinski definition) is 1. The fourth-order valence-corrected chi connectivity index (χ4v) is 2.30. The van der Waals surface area contributed by atoms with Gasteiger partial charge >= 0.3 is 0 Å². The molecule has 19 heavy (non-hydrogen) atoms. The van der Waals surface area contributed by atoms with Crippen molar-refractivity contribution in [2.75, 3.05) is 7.11 Å². The van der Waals surface area contributed by atoms with E-state index < -0.39 is 0 Å². The van der Waals surface area contributed by atoms with Crippen molar-refractivity contribution < 1.29 is 9.84 Å². The van der Waals surface area contributed by atoms with Crippen LogP contribution in [-0.4, -0.2) is 16.8 Å². The maximum Gasteiger partial charge on any atom is 0.139 e. The first-order valence-corrected chi connectivity index (χ1v) is 6.17. The van der Waals surface area contributed by atoms with Gasteiger partial charge in [0.25, 0.3) is 0 Å². The highest BCUT2D eigenvalue weighted by atomic mass is 16.5. The molecule has 0 saturated heterocycles. The third-order valence-electron chi connectivity index (χ3n) is 3.28. The number of phenolic OH excluding ortho intramolecular Hbond substituents is 1. The van der Waals surface area contributed by atoms with Gasteiger partial charge in [0.2, 0.25) is 0 Å². The molecule has 0 amide bonds. The summed E-state index contributed by atoms with van der Waals surface area (Å²) in [5, 5.41) is 11.0. The average Bonchev–Trinajstić information content (AvgIpc) is 2.84. The lowest BCUT2D eigenvalue weighted by molar-refractivity contribution is 0.414. The number of rotatable bonds is 3. The average molecular weight is 253 g/mol. The van der Waals surface area contributed by atoms with Crippen LogP contribution in [0.2, 0.25) is 0 Å². The van der Waals surface area contributed by atoms with E-state index in [2.05, 4.69) is 0 Å². The molecule has 3 heteroatoms. The van der Waals surface area contributed by atoms with Crippen molar-refractivity contribution in [1.29, 1.82) is 0 Å². The number of methoxy groups -OCH3 is 1. The summed E-state index contributed by atoms with van der Waals surface area (Å²) in [7, 11) is 1.66. The fraction of sp³-hybridized carbons (Fsp3) is 0.125. The third-order valence-corrected chi connectivity index (χ3v) is 3.28. The molecule has 0 aliphatic carbocycles. The Morgan fingerprint density at radius 2 is 1.84 bits per heavy atom. The Hall–Kier alpha value is -2.42. The number of hydrogen-bond acceptors (Lipinski definition) is 2. The van der Waals surface area contributed by atoms with Gasteiger partial charge in [0.1, 0.15) is 11.5 Å². The first kappa shape index (κ1) is 11.7. The van der Waals surface area contributed by atoms with Crippen LogP contribution in [0, 0.1) is 0 Å². The van der Waals surface area contributed by atoms with Crippen LogP contribution >= 0.6 is 0 Å². The van der Waals surface area contributed by atoms with Crippen LogP contribution in [0.15, 0.2) is 54.7 Å². The molecule has 1 N–H and O–H groups in total. The number of para-hydroxylation sites is 1. The van der Waals surface area contributed by atoms with Gasteiger partial charge in [0.15, 0.2) is 0 Å². The van der Waals surface area contributed by atoms with E-state index in [0.717, 1.165) is 23.2 Å². The smallest absolute Gasteiger partial charge is 0.139 e.